The lowest BCUT2D eigenvalue weighted by Crippen LogP contribution is -2.28. The van der Waals surface area contributed by atoms with E-state index in [1.165, 1.54) is 0 Å². The summed E-state index contributed by atoms with van der Waals surface area (Å²) in [4.78, 5) is 13.9. The second kappa shape index (κ2) is 8.83. The first-order valence-corrected chi connectivity index (χ1v) is 7.92. The van der Waals surface area contributed by atoms with Crippen LogP contribution < -0.4 is 10.5 Å². The van der Waals surface area contributed by atoms with E-state index < -0.39 is 0 Å². The Morgan fingerprint density at radius 3 is 2.52 bits per heavy atom. The van der Waals surface area contributed by atoms with Gasteiger partial charge in [0, 0.05) is 25.7 Å². The summed E-state index contributed by atoms with van der Waals surface area (Å²) >= 11 is 0. The summed E-state index contributed by atoms with van der Waals surface area (Å²) in [5, 5.41) is 0. The molecule has 4 heteroatoms. The first kappa shape index (κ1) is 16.9. The molecular weight excluding hydrogens is 288 g/mol. The fraction of sp³-hybridized carbons (Fsp3) is 0.316. The summed E-state index contributed by atoms with van der Waals surface area (Å²) in [6.07, 6.45) is 1.96. The maximum absolute atomic E-state index is 12.1. The van der Waals surface area contributed by atoms with Crippen molar-refractivity contribution in [3.63, 3.8) is 0 Å². The number of benzene rings is 2. The van der Waals surface area contributed by atoms with Crippen molar-refractivity contribution in [3.05, 3.63) is 60.2 Å². The van der Waals surface area contributed by atoms with Gasteiger partial charge in [-0.15, -0.1) is 0 Å². The zero-order valence-electron chi connectivity index (χ0n) is 13.6. The van der Waals surface area contributed by atoms with Crippen molar-refractivity contribution < 1.29 is 9.53 Å². The smallest absolute Gasteiger partial charge is 0.222 e. The third-order valence-corrected chi connectivity index (χ3v) is 3.74. The van der Waals surface area contributed by atoms with Gasteiger partial charge in [0.1, 0.15) is 5.75 Å². The van der Waals surface area contributed by atoms with Gasteiger partial charge in [0.25, 0.3) is 0 Å². The molecule has 1 amide bonds. The summed E-state index contributed by atoms with van der Waals surface area (Å²) in [7, 11) is 1.83. The second-order valence-corrected chi connectivity index (χ2v) is 5.53. The zero-order valence-corrected chi connectivity index (χ0v) is 13.6. The molecule has 0 spiro atoms. The van der Waals surface area contributed by atoms with Gasteiger partial charge in [-0.3, -0.25) is 4.79 Å². The summed E-state index contributed by atoms with van der Waals surface area (Å²) in [5.74, 6) is 0.994. The fourth-order valence-corrected chi connectivity index (χ4v) is 2.33. The van der Waals surface area contributed by atoms with Crippen LogP contribution in [0.4, 0.5) is 5.69 Å². The topological polar surface area (TPSA) is 55.6 Å². The number of para-hydroxylation sites is 2. The number of anilines is 1. The predicted molar refractivity (Wildman–Crippen MR) is 93.4 cm³/mol. The molecule has 0 heterocycles. The van der Waals surface area contributed by atoms with Crippen LogP contribution in [0.25, 0.3) is 0 Å². The molecule has 0 radical (unpaired) electrons. The first-order valence-electron chi connectivity index (χ1n) is 7.92. The average Bonchev–Trinajstić information content (AvgIpc) is 2.58. The molecule has 0 aliphatic carbocycles. The van der Waals surface area contributed by atoms with Crippen LogP contribution in [0.3, 0.4) is 0 Å². The molecule has 0 bridgehead atoms. The molecule has 0 aliphatic rings. The van der Waals surface area contributed by atoms with Crippen molar-refractivity contribution in [2.24, 2.45) is 0 Å². The molecule has 0 atom stereocenters. The van der Waals surface area contributed by atoms with E-state index in [2.05, 4.69) is 0 Å². The number of carbonyl (C=O) groups is 1. The van der Waals surface area contributed by atoms with Crippen LogP contribution in [-0.4, -0.2) is 31.0 Å². The van der Waals surface area contributed by atoms with E-state index in [1.54, 1.807) is 4.90 Å². The number of nitrogen functional groups attached to an aromatic ring is 1. The maximum Gasteiger partial charge on any atom is 0.222 e. The molecule has 0 saturated heterocycles. The number of rotatable bonds is 8. The van der Waals surface area contributed by atoms with E-state index >= 15 is 0 Å². The molecule has 4 nitrogen and oxygen atoms in total. The lowest BCUT2D eigenvalue weighted by atomic mass is 10.1. The Kier molecular flexibility index (Phi) is 6.48. The molecule has 2 aromatic rings. The number of nitrogens with zero attached hydrogens (tertiary/aromatic N) is 1. The summed E-state index contributed by atoms with van der Waals surface area (Å²) < 4.78 is 5.63. The molecule has 2 aromatic carbocycles. The van der Waals surface area contributed by atoms with Crippen molar-refractivity contribution in [3.8, 4) is 5.75 Å². The predicted octanol–water partition coefficient (Wildman–Crippen LogP) is 3.13. The first-order chi connectivity index (χ1) is 11.2. The Balaban J connectivity index is 1.66. The quantitative estimate of drug-likeness (QED) is 0.602. The molecule has 0 unspecified atom stereocenters. The van der Waals surface area contributed by atoms with Crippen LogP contribution in [-0.2, 0) is 11.2 Å². The highest BCUT2D eigenvalue weighted by Crippen LogP contribution is 2.13. The maximum atomic E-state index is 12.1. The Morgan fingerprint density at radius 2 is 1.78 bits per heavy atom. The van der Waals surface area contributed by atoms with Crippen molar-refractivity contribution in [2.75, 3.05) is 25.9 Å². The van der Waals surface area contributed by atoms with E-state index in [-0.39, 0.29) is 5.91 Å². The van der Waals surface area contributed by atoms with E-state index in [0.29, 0.717) is 26.0 Å². The molecule has 0 fully saturated rings. The van der Waals surface area contributed by atoms with Crippen LogP contribution >= 0.6 is 0 Å². The average molecular weight is 312 g/mol. The monoisotopic (exact) mass is 312 g/mol. The Bertz CT molecular complexity index is 614. The Morgan fingerprint density at radius 1 is 1.09 bits per heavy atom. The number of ether oxygens (including phenoxy) is 1. The highest BCUT2D eigenvalue weighted by atomic mass is 16.5. The highest BCUT2D eigenvalue weighted by Gasteiger charge is 2.09. The zero-order chi connectivity index (χ0) is 16.5. The second-order valence-electron chi connectivity index (χ2n) is 5.53. The van der Waals surface area contributed by atoms with Crippen molar-refractivity contribution in [1.82, 2.24) is 4.90 Å². The summed E-state index contributed by atoms with van der Waals surface area (Å²) in [6, 6.07) is 17.4. The minimum absolute atomic E-state index is 0.132. The SMILES string of the molecule is CN(CCCOc1ccccc1)C(=O)CCc1ccccc1N. The number of hydrogen-bond donors (Lipinski definition) is 1. The molecule has 0 saturated carbocycles. The summed E-state index contributed by atoms with van der Waals surface area (Å²) in [5.41, 5.74) is 7.67. The van der Waals surface area contributed by atoms with Gasteiger partial charge in [0.2, 0.25) is 5.91 Å². The van der Waals surface area contributed by atoms with Crippen LogP contribution in [0, 0.1) is 0 Å². The number of carbonyl (C=O) groups excluding carboxylic acids is 1. The summed E-state index contributed by atoms with van der Waals surface area (Å²) in [6.45, 7) is 1.29. The van der Waals surface area contributed by atoms with Gasteiger partial charge in [0.15, 0.2) is 0 Å². The van der Waals surface area contributed by atoms with Gasteiger partial charge in [-0.2, -0.15) is 0 Å². The molecule has 2 N–H and O–H groups in total. The van der Waals surface area contributed by atoms with Crippen LogP contribution in [0.15, 0.2) is 54.6 Å². The van der Waals surface area contributed by atoms with E-state index in [9.17, 15) is 4.79 Å². The van der Waals surface area contributed by atoms with Gasteiger partial charge in [0.05, 0.1) is 6.61 Å². The van der Waals surface area contributed by atoms with Gasteiger partial charge in [-0.05, 0) is 36.6 Å². The lowest BCUT2D eigenvalue weighted by molar-refractivity contribution is -0.129. The number of nitrogens with two attached hydrogens (primary N) is 1. The van der Waals surface area contributed by atoms with Gasteiger partial charge in [-0.25, -0.2) is 0 Å². The van der Waals surface area contributed by atoms with Crippen LogP contribution in [0.2, 0.25) is 0 Å². The van der Waals surface area contributed by atoms with Gasteiger partial charge in [-0.1, -0.05) is 36.4 Å². The van der Waals surface area contributed by atoms with Crippen molar-refractivity contribution >= 4 is 11.6 Å². The number of amides is 1. The molecule has 0 aliphatic heterocycles. The minimum Gasteiger partial charge on any atom is -0.494 e. The van der Waals surface area contributed by atoms with Gasteiger partial charge >= 0.3 is 0 Å². The molecule has 122 valence electrons. The van der Waals surface area contributed by atoms with Crippen LogP contribution in [0.5, 0.6) is 5.75 Å². The minimum atomic E-state index is 0.132. The largest absolute Gasteiger partial charge is 0.494 e. The Hall–Kier alpha value is -2.49. The molecule has 0 aromatic heterocycles. The third-order valence-electron chi connectivity index (χ3n) is 3.74. The molecular formula is C19H24N2O2. The normalized spacial score (nSPS) is 10.3. The van der Waals surface area contributed by atoms with Crippen LogP contribution in [0.1, 0.15) is 18.4 Å². The molecule has 2 rings (SSSR count). The van der Waals surface area contributed by atoms with Crippen molar-refractivity contribution in [1.29, 1.82) is 0 Å². The van der Waals surface area contributed by atoms with E-state index in [0.717, 1.165) is 23.4 Å². The third kappa shape index (κ3) is 5.66. The van der Waals surface area contributed by atoms with E-state index in [4.69, 9.17) is 10.5 Å². The van der Waals surface area contributed by atoms with Crippen molar-refractivity contribution in [2.45, 2.75) is 19.3 Å². The number of aryl methyl sites for hydroxylation is 1. The highest BCUT2D eigenvalue weighted by molar-refractivity contribution is 5.76. The standard InChI is InChI=1S/C19H24N2O2/c1-21(14-7-15-23-17-9-3-2-4-10-17)19(22)13-12-16-8-5-6-11-18(16)20/h2-6,8-11H,7,12-15,20H2,1H3. The fourth-order valence-electron chi connectivity index (χ4n) is 2.33. The Labute approximate surface area is 137 Å². The molecule has 23 heavy (non-hydrogen) atoms. The lowest BCUT2D eigenvalue weighted by Gasteiger charge is -2.17. The van der Waals surface area contributed by atoms with Gasteiger partial charge < -0.3 is 15.4 Å². The number of hydrogen-bond acceptors (Lipinski definition) is 3. The van der Waals surface area contributed by atoms with E-state index in [1.807, 2.05) is 61.6 Å².